The highest BCUT2D eigenvalue weighted by molar-refractivity contribution is 5.94. The lowest BCUT2D eigenvalue weighted by Gasteiger charge is -2.24. The van der Waals surface area contributed by atoms with Gasteiger partial charge < -0.3 is 15.1 Å². The van der Waals surface area contributed by atoms with Gasteiger partial charge in [-0.2, -0.15) is 0 Å². The number of amides is 2. The van der Waals surface area contributed by atoms with E-state index in [9.17, 15) is 9.59 Å². The average molecular weight is 301 g/mol. The Labute approximate surface area is 131 Å². The Morgan fingerprint density at radius 2 is 2.14 bits per heavy atom. The van der Waals surface area contributed by atoms with Gasteiger partial charge in [-0.1, -0.05) is 12.1 Å². The second-order valence-electron chi connectivity index (χ2n) is 6.18. The Hall–Kier alpha value is -1.88. The van der Waals surface area contributed by atoms with Gasteiger partial charge in [0.05, 0.1) is 0 Å². The van der Waals surface area contributed by atoms with E-state index < -0.39 is 0 Å². The molecule has 2 aliphatic heterocycles. The summed E-state index contributed by atoms with van der Waals surface area (Å²) in [6.45, 7) is 3.34. The second kappa shape index (κ2) is 6.48. The number of hydrogen-bond donors (Lipinski definition) is 1. The summed E-state index contributed by atoms with van der Waals surface area (Å²) in [5.74, 6) is 0.297. The molecule has 0 aliphatic carbocycles. The number of benzene rings is 1. The van der Waals surface area contributed by atoms with Crippen LogP contribution >= 0.6 is 0 Å². The smallest absolute Gasteiger partial charge is 0.253 e. The standard InChI is InChI=1S/C17H23N3O2/c1-19(15-8-9-18-11-15)17(22)14-6-4-13(5-7-14)12-20-10-2-3-16(20)21/h4-7,15,18H,2-3,8-12H2,1H3. The minimum atomic E-state index is 0.0671. The molecule has 1 aromatic carbocycles. The van der Waals surface area contributed by atoms with Crippen molar-refractivity contribution in [3.05, 3.63) is 35.4 Å². The molecule has 0 radical (unpaired) electrons. The fraction of sp³-hybridized carbons (Fsp3) is 0.529. The number of likely N-dealkylation sites (tertiary alicyclic amines) is 1. The van der Waals surface area contributed by atoms with Crippen LogP contribution in [0.15, 0.2) is 24.3 Å². The summed E-state index contributed by atoms with van der Waals surface area (Å²) < 4.78 is 0. The first-order valence-electron chi connectivity index (χ1n) is 8.00. The number of nitrogens with one attached hydrogen (secondary N) is 1. The Balaban J connectivity index is 1.63. The van der Waals surface area contributed by atoms with Gasteiger partial charge in [0, 0.05) is 44.7 Å². The van der Waals surface area contributed by atoms with Gasteiger partial charge in [0.15, 0.2) is 0 Å². The molecule has 0 aromatic heterocycles. The van der Waals surface area contributed by atoms with Gasteiger partial charge in [0.2, 0.25) is 5.91 Å². The monoisotopic (exact) mass is 301 g/mol. The first-order chi connectivity index (χ1) is 10.6. The highest BCUT2D eigenvalue weighted by Gasteiger charge is 2.24. The van der Waals surface area contributed by atoms with Gasteiger partial charge in [-0.25, -0.2) is 0 Å². The van der Waals surface area contributed by atoms with Crippen LogP contribution in [0.2, 0.25) is 0 Å². The maximum absolute atomic E-state index is 12.5. The fourth-order valence-electron chi connectivity index (χ4n) is 3.18. The van der Waals surface area contributed by atoms with E-state index in [1.54, 1.807) is 0 Å². The van der Waals surface area contributed by atoms with Crippen molar-refractivity contribution in [2.24, 2.45) is 0 Å². The number of nitrogens with zero attached hydrogens (tertiary/aromatic N) is 2. The van der Waals surface area contributed by atoms with Gasteiger partial charge in [-0.3, -0.25) is 9.59 Å². The van der Waals surface area contributed by atoms with E-state index in [1.807, 2.05) is 41.1 Å². The molecule has 5 nitrogen and oxygen atoms in total. The number of carbonyl (C=O) groups is 2. The van der Waals surface area contributed by atoms with Gasteiger partial charge in [-0.05, 0) is 37.1 Å². The van der Waals surface area contributed by atoms with E-state index in [4.69, 9.17) is 0 Å². The predicted octanol–water partition coefficient (Wildman–Crippen LogP) is 1.24. The lowest BCUT2D eigenvalue weighted by atomic mass is 10.1. The van der Waals surface area contributed by atoms with Crippen LogP contribution in [-0.2, 0) is 11.3 Å². The summed E-state index contributed by atoms with van der Waals surface area (Å²) in [4.78, 5) is 27.8. The topological polar surface area (TPSA) is 52.7 Å². The van der Waals surface area contributed by atoms with E-state index in [2.05, 4.69) is 5.32 Å². The summed E-state index contributed by atoms with van der Waals surface area (Å²) >= 11 is 0. The van der Waals surface area contributed by atoms with Gasteiger partial charge >= 0.3 is 0 Å². The zero-order valence-corrected chi connectivity index (χ0v) is 13.0. The molecule has 1 atom stereocenters. The molecule has 2 amide bonds. The molecule has 2 aliphatic rings. The molecule has 2 heterocycles. The molecule has 0 bridgehead atoms. The lowest BCUT2D eigenvalue weighted by Crippen LogP contribution is -2.38. The van der Waals surface area contributed by atoms with E-state index in [1.165, 1.54) is 0 Å². The van der Waals surface area contributed by atoms with Crippen LogP contribution in [0.3, 0.4) is 0 Å². The van der Waals surface area contributed by atoms with Crippen molar-refractivity contribution in [2.75, 3.05) is 26.7 Å². The molecule has 1 aromatic rings. The van der Waals surface area contributed by atoms with Crippen LogP contribution < -0.4 is 5.32 Å². The number of carbonyl (C=O) groups excluding carboxylic acids is 2. The largest absolute Gasteiger partial charge is 0.338 e. The van der Waals surface area contributed by atoms with E-state index in [0.717, 1.165) is 38.0 Å². The third-order valence-corrected chi connectivity index (χ3v) is 4.65. The molecule has 1 unspecified atom stereocenters. The van der Waals surface area contributed by atoms with E-state index >= 15 is 0 Å². The normalized spacial score (nSPS) is 21.4. The van der Waals surface area contributed by atoms with Gasteiger partial charge in [0.25, 0.3) is 5.91 Å². The van der Waals surface area contributed by atoms with Crippen LogP contribution in [0.5, 0.6) is 0 Å². The minimum Gasteiger partial charge on any atom is -0.338 e. The SMILES string of the molecule is CN(C(=O)c1ccc(CN2CCCC2=O)cc1)C1CCNC1. The van der Waals surface area contributed by atoms with E-state index in [-0.39, 0.29) is 17.9 Å². The van der Waals surface area contributed by atoms with Crippen LogP contribution in [0.25, 0.3) is 0 Å². The first-order valence-corrected chi connectivity index (χ1v) is 8.00. The van der Waals surface area contributed by atoms with Crippen molar-refractivity contribution in [1.29, 1.82) is 0 Å². The van der Waals surface area contributed by atoms with Crippen molar-refractivity contribution in [3.63, 3.8) is 0 Å². The van der Waals surface area contributed by atoms with Gasteiger partial charge in [0.1, 0.15) is 0 Å². The maximum atomic E-state index is 12.5. The molecule has 1 N–H and O–H groups in total. The van der Waals surface area contributed by atoms with Crippen molar-refractivity contribution >= 4 is 11.8 Å². The Bertz CT molecular complexity index is 550. The zero-order chi connectivity index (χ0) is 15.5. The zero-order valence-electron chi connectivity index (χ0n) is 13.0. The van der Waals surface area contributed by atoms with Crippen LogP contribution in [0.4, 0.5) is 0 Å². The molecule has 0 spiro atoms. The summed E-state index contributed by atoms with van der Waals surface area (Å²) in [5.41, 5.74) is 1.79. The van der Waals surface area contributed by atoms with Crippen LogP contribution in [0, 0.1) is 0 Å². The molecule has 118 valence electrons. The summed E-state index contributed by atoms with van der Waals surface area (Å²) in [5, 5.41) is 3.28. The van der Waals surface area contributed by atoms with Gasteiger partial charge in [-0.15, -0.1) is 0 Å². The Kier molecular flexibility index (Phi) is 4.43. The molecule has 22 heavy (non-hydrogen) atoms. The molecule has 2 fully saturated rings. The third kappa shape index (κ3) is 3.14. The summed E-state index contributed by atoms with van der Waals surface area (Å²) in [7, 11) is 1.87. The van der Waals surface area contributed by atoms with Crippen molar-refractivity contribution < 1.29 is 9.59 Å². The first kappa shape index (κ1) is 15.0. The van der Waals surface area contributed by atoms with Crippen molar-refractivity contribution in [2.45, 2.75) is 31.8 Å². The average Bonchev–Trinajstić information content (AvgIpc) is 3.19. The quantitative estimate of drug-likeness (QED) is 0.910. The lowest BCUT2D eigenvalue weighted by molar-refractivity contribution is -0.128. The Morgan fingerprint density at radius 1 is 1.36 bits per heavy atom. The predicted molar refractivity (Wildman–Crippen MR) is 84.5 cm³/mol. The number of likely N-dealkylation sites (N-methyl/N-ethyl adjacent to an activating group) is 1. The third-order valence-electron chi connectivity index (χ3n) is 4.65. The highest BCUT2D eigenvalue weighted by atomic mass is 16.2. The molecule has 2 saturated heterocycles. The minimum absolute atomic E-state index is 0.0671. The number of hydrogen-bond acceptors (Lipinski definition) is 3. The molecular formula is C17H23N3O2. The Morgan fingerprint density at radius 3 is 2.73 bits per heavy atom. The molecular weight excluding hydrogens is 278 g/mol. The molecule has 3 rings (SSSR count). The summed E-state index contributed by atoms with van der Waals surface area (Å²) in [6, 6.07) is 7.95. The fourth-order valence-corrected chi connectivity index (χ4v) is 3.18. The number of rotatable bonds is 4. The maximum Gasteiger partial charge on any atom is 0.253 e. The van der Waals surface area contributed by atoms with E-state index in [0.29, 0.717) is 18.5 Å². The van der Waals surface area contributed by atoms with Crippen molar-refractivity contribution in [3.8, 4) is 0 Å². The van der Waals surface area contributed by atoms with Crippen LogP contribution in [0.1, 0.15) is 35.2 Å². The molecule has 0 saturated carbocycles. The van der Waals surface area contributed by atoms with Crippen molar-refractivity contribution in [1.82, 2.24) is 15.1 Å². The molecule has 5 heteroatoms. The summed E-state index contributed by atoms with van der Waals surface area (Å²) in [6.07, 6.45) is 2.63. The van der Waals surface area contributed by atoms with Crippen LogP contribution in [-0.4, -0.2) is 54.3 Å². The highest BCUT2D eigenvalue weighted by Crippen LogP contribution is 2.16. The second-order valence-corrected chi connectivity index (χ2v) is 6.18.